The average Bonchev–Trinajstić information content (AvgIpc) is 3.69. The van der Waals surface area contributed by atoms with Crippen molar-refractivity contribution >= 4 is 17.2 Å². The molecule has 4 aliphatic rings. The normalized spacial score (nSPS) is 21.4. The molecule has 0 spiro atoms. The van der Waals surface area contributed by atoms with Gasteiger partial charge in [0.2, 0.25) is 5.91 Å². The molecule has 2 atom stereocenters. The highest BCUT2D eigenvalue weighted by molar-refractivity contribution is 7.11. The van der Waals surface area contributed by atoms with E-state index in [9.17, 15) is 9.18 Å². The smallest absolute Gasteiger partial charge is 0.232 e. The Hall–Kier alpha value is -2.41. The lowest BCUT2D eigenvalue weighted by Crippen LogP contribution is -2.81. The fraction of sp³-hybridized carbons (Fsp3) is 0.636. The van der Waals surface area contributed by atoms with Gasteiger partial charge >= 0.3 is 0 Å². The summed E-state index contributed by atoms with van der Waals surface area (Å²) in [5.74, 6) is 0.557. The Balaban J connectivity index is 0.000000386. The maximum atomic E-state index is 13.1. The fourth-order valence-corrected chi connectivity index (χ4v) is 6.62. The number of nitrogens with two attached hydrogens (primary N) is 1. The minimum Gasteiger partial charge on any atom is -0.345 e. The van der Waals surface area contributed by atoms with Crippen molar-refractivity contribution in [2.24, 2.45) is 5.92 Å². The molecule has 3 fully saturated rings. The van der Waals surface area contributed by atoms with E-state index >= 15 is 0 Å². The Kier molecular flexibility index (Phi) is 19.9. The van der Waals surface area contributed by atoms with Crippen LogP contribution in [0.5, 0.6) is 0 Å². The summed E-state index contributed by atoms with van der Waals surface area (Å²) in [5, 5.41) is 2.81. The first-order valence-corrected chi connectivity index (χ1v) is 15.7. The van der Waals surface area contributed by atoms with Crippen LogP contribution in [0.25, 0.3) is 0 Å². The van der Waals surface area contributed by atoms with Gasteiger partial charge in [0.25, 0.3) is 0 Å². The molecular weight excluding hydrogens is 505 g/mol. The molecule has 5 rings (SSSR count). The number of halogens is 1. The molecule has 216 valence electrons. The summed E-state index contributed by atoms with van der Waals surface area (Å²) < 4.78 is 13.1. The van der Waals surface area contributed by atoms with Crippen molar-refractivity contribution in [2.75, 3.05) is 26.2 Å². The maximum Gasteiger partial charge on any atom is 0.232 e. The highest BCUT2D eigenvalue weighted by atomic mass is 32.1. The second-order valence-electron chi connectivity index (χ2n) is 10.2. The molecule has 0 aromatic carbocycles. The molecule has 2 N–H and O–H groups in total. The number of quaternary nitrogens is 1. The molecule has 1 aromatic rings. The number of aryl methyl sites for hydroxylation is 1. The second kappa shape index (κ2) is 22.4. The summed E-state index contributed by atoms with van der Waals surface area (Å²) in [4.78, 5) is 20.6. The average molecular weight is 557 g/mol. The van der Waals surface area contributed by atoms with Crippen molar-refractivity contribution in [1.82, 2.24) is 9.88 Å². The van der Waals surface area contributed by atoms with Crippen LogP contribution < -0.4 is 5.32 Å². The third-order valence-electron chi connectivity index (χ3n) is 7.40. The monoisotopic (exact) mass is 556 g/mol. The van der Waals surface area contributed by atoms with Gasteiger partial charge in [-0.25, -0.2) is 9.37 Å². The number of likely N-dealkylation sites (tertiary alicyclic amines) is 1. The second-order valence-corrected chi connectivity index (χ2v) is 11.3. The third kappa shape index (κ3) is 12.5. The first kappa shape index (κ1) is 34.6. The van der Waals surface area contributed by atoms with E-state index in [0.29, 0.717) is 10.9 Å². The molecule has 6 heteroatoms. The first-order chi connectivity index (χ1) is 19.2. The molecule has 2 aliphatic carbocycles. The van der Waals surface area contributed by atoms with Crippen LogP contribution in [0.2, 0.25) is 0 Å². The van der Waals surface area contributed by atoms with Crippen LogP contribution in [0, 0.1) is 31.6 Å². The van der Waals surface area contributed by atoms with Gasteiger partial charge in [-0.1, -0.05) is 76.2 Å². The molecule has 1 amide bonds. The number of rotatable bonds is 5. The van der Waals surface area contributed by atoms with Gasteiger partial charge in [0.1, 0.15) is 17.6 Å². The SMILES string of the molecule is C#C.C#C.C1=CCCC=C1.C1CCCCC1.CCCc1nc(CF)sc1[C@@H]1C[NH2+]CC1C(=O)N1CCCCC1. The number of amides is 1. The number of alkyl halides is 1. The molecule has 1 saturated carbocycles. The van der Waals surface area contributed by atoms with Gasteiger partial charge in [-0.05, 0) is 38.5 Å². The number of carbonyl (C=O) groups is 1. The Labute approximate surface area is 241 Å². The fourth-order valence-electron chi connectivity index (χ4n) is 5.48. The summed E-state index contributed by atoms with van der Waals surface area (Å²) in [7, 11) is 0. The van der Waals surface area contributed by atoms with Crippen LogP contribution in [0.1, 0.15) is 105 Å². The van der Waals surface area contributed by atoms with Crippen LogP contribution in [-0.4, -0.2) is 42.0 Å². The van der Waals surface area contributed by atoms with E-state index in [1.54, 1.807) is 0 Å². The molecule has 3 heterocycles. The highest BCUT2D eigenvalue weighted by Gasteiger charge is 2.41. The first-order valence-electron chi connectivity index (χ1n) is 14.9. The quantitative estimate of drug-likeness (QED) is 0.416. The lowest BCUT2D eigenvalue weighted by Gasteiger charge is -2.29. The number of thiazole rings is 1. The zero-order chi connectivity index (χ0) is 28.7. The lowest BCUT2D eigenvalue weighted by molar-refractivity contribution is -0.638. The van der Waals surface area contributed by atoms with E-state index in [1.165, 1.54) is 74.0 Å². The Bertz CT molecular complexity index is 848. The summed E-state index contributed by atoms with van der Waals surface area (Å²) in [6.45, 7) is 5.21. The van der Waals surface area contributed by atoms with E-state index in [1.807, 2.05) is 0 Å². The van der Waals surface area contributed by atoms with Crippen molar-refractivity contribution in [1.29, 1.82) is 0 Å². The van der Waals surface area contributed by atoms with Gasteiger partial charge in [0, 0.05) is 18.0 Å². The molecule has 4 nitrogen and oxygen atoms in total. The van der Waals surface area contributed by atoms with Gasteiger partial charge in [-0.2, -0.15) is 0 Å². The zero-order valence-corrected chi connectivity index (χ0v) is 25.0. The van der Waals surface area contributed by atoms with Crippen LogP contribution >= 0.6 is 11.3 Å². The maximum absolute atomic E-state index is 13.1. The number of terminal acetylenes is 2. The van der Waals surface area contributed by atoms with Crippen molar-refractivity contribution < 1.29 is 14.5 Å². The minimum atomic E-state index is -0.497. The Morgan fingerprint density at radius 3 is 1.95 bits per heavy atom. The topological polar surface area (TPSA) is 49.8 Å². The predicted molar refractivity (Wildman–Crippen MR) is 164 cm³/mol. The van der Waals surface area contributed by atoms with Crippen LogP contribution in [0.15, 0.2) is 24.3 Å². The predicted octanol–water partition coefficient (Wildman–Crippen LogP) is 6.59. The van der Waals surface area contributed by atoms with E-state index in [2.05, 4.69) is 72.1 Å². The molecule has 0 bridgehead atoms. The molecule has 1 aromatic heterocycles. The van der Waals surface area contributed by atoms with Crippen LogP contribution in [0.4, 0.5) is 4.39 Å². The molecule has 39 heavy (non-hydrogen) atoms. The number of allylic oxidation sites excluding steroid dienone is 4. The number of nitrogens with zero attached hydrogens (tertiary/aromatic N) is 2. The summed E-state index contributed by atoms with van der Waals surface area (Å²) in [6.07, 6.45) is 41.4. The largest absolute Gasteiger partial charge is 0.345 e. The van der Waals surface area contributed by atoms with Crippen molar-refractivity contribution in [3.8, 4) is 25.7 Å². The molecule has 2 aliphatic heterocycles. The molecule has 1 unspecified atom stereocenters. The number of carbonyl (C=O) groups excluding carboxylic acids is 1. The van der Waals surface area contributed by atoms with Gasteiger partial charge in [-0.15, -0.1) is 37.0 Å². The van der Waals surface area contributed by atoms with E-state index < -0.39 is 6.67 Å². The standard InChI is InChI=1S/C17H26FN3OS.C6H12.C6H8.2C2H2/c1-2-6-14-16(23-15(9-18)20-14)12-10-19-11-13(12)17(22)21-7-4-3-5-8-21;2*1-2-4-6-5-3-1;2*1-2/h12-13,19H,2-11H2,1H3;1-6H2;1-4H,5-6H2;2*1-2H/p+1/t12-,13?;;;;/m1..../s1. The van der Waals surface area contributed by atoms with E-state index in [0.717, 1.165) is 57.6 Å². The zero-order valence-electron chi connectivity index (χ0n) is 24.2. The summed E-state index contributed by atoms with van der Waals surface area (Å²) in [6, 6.07) is 0. The molecular formula is C33H51FN3OS+. The number of hydrogen-bond donors (Lipinski definition) is 1. The van der Waals surface area contributed by atoms with Crippen molar-refractivity contribution in [3.63, 3.8) is 0 Å². The number of hydrogen-bond acceptors (Lipinski definition) is 3. The van der Waals surface area contributed by atoms with Crippen molar-refractivity contribution in [2.45, 2.75) is 103 Å². The summed E-state index contributed by atoms with van der Waals surface area (Å²) in [5.41, 5.74) is 1.03. The van der Waals surface area contributed by atoms with Gasteiger partial charge in [-0.3, -0.25) is 4.79 Å². The lowest BCUT2D eigenvalue weighted by atomic mass is 9.91. The Morgan fingerprint density at radius 2 is 1.49 bits per heavy atom. The van der Waals surface area contributed by atoms with Gasteiger partial charge in [0.05, 0.1) is 24.7 Å². The van der Waals surface area contributed by atoms with E-state index in [-0.39, 0.29) is 11.8 Å². The third-order valence-corrected chi connectivity index (χ3v) is 8.60. The Morgan fingerprint density at radius 1 is 0.949 bits per heavy atom. The van der Waals surface area contributed by atoms with E-state index in [4.69, 9.17) is 0 Å². The minimum absolute atomic E-state index is 0.0385. The summed E-state index contributed by atoms with van der Waals surface area (Å²) >= 11 is 1.49. The molecule has 0 radical (unpaired) electrons. The van der Waals surface area contributed by atoms with Gasteiger partial charge < -0.3 is 10.2 Å². The van der Waals surface area contributed by atoms with Crippen molar-refractivity contribution in [3.05, 3.63) is 39.9 Å². The highest BCUT2D eigenvalue weighted by Crippen LogP contribution is 2.35. The molecule has 2 saturated heterocycles. The van der Waals surface area contributed by atoms with Gasteiger partial charge in [0.15, 0.2) is 0 Å². The number of aromatic nitrogens is 1. The number of piperidine rings is 1. The van der Waals surface area contributed by atoms with Crippen LogP contribution in [0.3, 0.4) is 0 Å². The van der Waals surface area contributed by atoms with Crippen LogP contribution in [-0.2, 0) is 17.9 Å².